The lowest BCUT2D eigenvalue weighted by Gasteiger charge is -2.44. The lowest BCUT2D eigenvalue weighted by Crippen LogP contribution is -2.45. The van der Waals surface area contributed by atoms with Gasteiger partial charge in [-0.3, -0.25) is 0 Å². The summed E-state index contributed by atoms with van der Waals surface area (Å²) >= 11 is 0. The summed E-state index contributed by atoms with van der Waals surface area (Å²) in [7, 11) is 0. The topological polar surface area (TPSA) is 0 Å². The minimum atomic E-state index is -4.45. The molecule has 0 amide bonds. The van der Waals surface area contributed by atoms with Crippen LogP contribution in [0.3, 0.4) is 0 Å². The van der Waals surface area contributed by atoms with E-state index in [4.69, 9.17) is 0 Å². The van der Waals surface area contributed by atoms with Gasteiger partial charge in [-0.05, 0) is 36.2 Å². The third-order valence-corrected chi connectivity index (χ3v) is 7.24. The molecule has 0 heterocycles. The Kier molecular flexibility index (Phi) is 6.90. The van der Waals surface area contributed by atoms with Crippen molar-refractivity contribution in [1.29, 1.82) is 0 Å². The summed E-state index contributed by atoms with van der Waals surface area (Å²) in [6.07, 6.45) is 3.72. The molecule has 1 fully saturated rings. The first-order chi connectivity index (χ1) is 13.8. The van der Waals surface area contributed by atoms with Gasteiger partial charge in [0.05, 0.1) is 5.41 Å². The molecular formula is C25H32F4. The van der Waals surface area contributed by atoms with Gasteiger partial charge in [0.15, 0.2) is 0 Å². The molecule has 4 heteroatoms. The molecule has 29 heavy (non-hydrogen) atoms. The Hall–Kier alpha value is -1.58. The molecule has 3 rings (SSSR count). The highest BCUT2D eigenvalue weighted by Gasteiger charge is 2.59. The zero-order valence-electron chi connectivity index (χ0n) is 17.4. The molecule has 2 aliphatic carbocycles. The summed E-state index contributed by atoms with van der Waals surface area (Å²) in [5, 5.41) is 0. The molecule has 0 radical (unpaired) electrons. The van der Waals surface area contributed by atoms with Gasteiger partial charge < -0.3 is 0 Å². The van der Waals surface area contributed by atoms with Gasteiger partial charge in [0.1, 0.15) is 5.83 Å². The van der Waals surface area contributed by atoms with E-state index in [2.05, 4.69) is 13.8 Å². The van der Waals surface area contributed by atoms with Crippen LogP contribution in [-0.2, 0) is 0 Å². The number of benzene rings is 1. The number of hydrogen-bond donors (Lipinski definition) is 0. The predicted molar refractivity (Wildman–Crippen MR) is 111 cm³/mol. The summed E-state index contributed by atoms with van der Waals surface area (Å²) in [6, 6.07) is 8.84. The molecule has 0 N–H and O–H groups in total. The van der Waals surface area contributed by atoms with Gasteiger partial charge in [-0.25, -0.2) is 4.39 Å². The average Bonchev–Trinajstić information content (AvgIpc) is 2.72. The molecule has 0 aliphatic heterocycles. The smallest absolute Gasteiger partial charge is 0.211 e. The van der Waals surface area contributed by atoms with Crippen LogP contribution >= 0.6 is 0 Å². The van der Waals surface area contributed by atoms with Crippen molar-refractivity contribution in [3.63, 3.8) is 0 Å². The highest BCUT2D eigenvalue weighted by Crippen LogP contribution is 2.57. The van der Waals surface area contributed by atoms with Gasteiger partial charge in [0.2, 0.25) is 0 Å². The predicted octanol–water partition coefficient (Wildman–Crippen LogP) is 8.51. The second-order valence-corrected chi connectivity index (χ2v) is 9.04. The fraction of sp³-hybridized carbons (Fsp3) is 0.600. The first kappa shape index (κ1) is 22.1. The molecule has 0 spiro atoms. The molecule has 160 valence electrons. The van der Waals surface area contributed by atoms with Crippen LogP contribution in [0.1, 0.15) is 70.8 Å². The van der Waals surface area contributed by atoms with Crippen LogP contribution in [0.4, 0.5) is 17.6 Å². The minimum absolute atomic E-state index is 0.285. The van der Waals surface area contributed by atoms with Gasteiger partial charge >= 0.3 is 6.18 Å². The molecule has 0 saturated heterocycles. The lowest BCUT2D eigenvalue weighted by molar-refractivity contribution is -0.228. The van der Waals surface area contributed by atoms with E-state index in [1.807, 2.05) is 6.07 Å². The van der Waals surface area contributed by atoms with Crippen LogP contribution in [0.5, 0.6) is 0 Å². The molecule has 2 aliphatic rings. The van der Waals surface area contributed by atoms with E-state index in [9.17, 15) is 17.6 Å². The third-order valence-electron chi connectivity index (χ3n) is 7.24. The Morgan fingerprint density at radius 2 is 1.72 bits per heavy atom. The van der Waals surface area contributed by atoms with E-state index < -0.39 is 29.8 Å². The SMILES string of the molecule is CCC(C)CCC1CCC(C2(C(F)(F)F)C=CC(c3ccccc3)=C(F)C2)CC1. The normalized spacial score (nSPS) is 29.2. The number of halogens is 4. The minimum Gasteiger partial charge on any atom is -0.211 e. The standard InChI is InChI=1S/C25H32F4/c1-3-18(2)9-10-19-11-13-21(14-12-19)24(25(27,28)29)16-15-22(23(26)17-24)20-7-5-4-6-8-20/h4-8,15-16,18-19,21H,3,9-14,17H2,1-2H3. The molecule has 2 unspecified atom stereocenters. The maximum absolute atomic E-state index is 15.0. The van der Waals surface area contributed by atoms with E-state index in [0.29, 0.717) is 30.2 Å². The summed E-state index contributed by atoms with van der Waals surface area (Å²) < 4.78 is 57.7. The molecule has 0 aromatic heterocycles. The Labute approximate surface area is 172 Å². The van der Waals surface area contributed by atoms with Crippen molar-refractivity contribution in [3.05, 3.63) is 53.9 Å². The average molecular weight is 409 g/mol. The maximum Gasteiger partial charge on any atom is 0.398 e. The Morgan fingerprint density at radius 3 is 2.28 bits per heavy atom. The van der Waals surface area contributed by atoms with Crippen LogP contribution in [0.25, 0.3) is 5.57 Å². The van der Waals surface area contributed by atoms with Crippen LogP contribution in [-0.4, -0.2) is 6.18 Å². The number of rotatable bonds is 6. The van der Waals surface area contributed by atoms with Crippen molar-refractivity contribution in [2.75, 3.05) is 0 Å². The van der Waals surface area contributed by atoms with Crippen molar-refractivity contribution < 1.29 is 17.6 Å². The highest BCUT2D eigenvalue weighted by atomic mass is 19.4. The van der Waals surface area contributed by atoms with Gasteiger partial charge in [0.25, 0.3) is 0 Å². The Balaban J connectivity index is 1.74. The van der Waals surface area contributed by atoms with Crippen LogP contribution in [0.2, 0.25) is 0 Å². The summed E-state index contributed by atoms with van der Waals surface area (Å²) in [6.45, 7) is 4.41. The zero-order valence-corrected chi connectivity index (χ0v) is 17.4. The third kappa shape index (κ3) is 4.78. The second kappa shape index (κ2) is 9.06. The van der Waals surface area contributed by atoms with Gasteiger partial charge in [-0.2, -0.15) is 13.2 Å². The zero-order chi connectivity index (χ0) is 21.1. The van der Waals surface area contributed by atoms with Crippen LogP contribution in [0.15, 0.2) is 48.3 Å². The number of hydrogen-bond acceptors (Lipinski definition) is 0. The molecular weight excluding hydrogens is 376 g/mol. The van der Waals surface area contributed by atoms with Crippen molar-refractivity contribution in [2.24, 2.45) is 23.2 Å². The van der Waals surface area contributed by atoms with E-state index >= 15 is 0 Å². The van der Waals surface area contributed by atoms with E-state index in [-0.39, 0.29) is 5.57 Å². The summed E-state index contributed by atoms with van der Waals surface area (Å²) in [5.74, 6) is 0.00104. The first-order valence-corrected chi connectivity index (χ1v) is 11.0. The number of alkyl halides is 3. The molecule has 0 bridgehead atoms. The van der Waals surface area contributed by atoms with Crippen molar-refractivity contribution in [2.45, 2.75) is 71.4 Å². The van der Waals surface area contributed by atoms with Crippen LogP contribution < -0.4 is 0 Å². The maximum atomic E-state index is 15.0. The second-order valence-electron chi connectivity index (χ2n) is 9.04. The van der Waals surface area contributed by atoms with Crippen molar-refractivity contribution in [3.8, 4) is 0 Å². The fourth-order valence-electron chi connectivity index (χ4n) is 5.00. The monoisotopic (exact) mass is 408 g/mol. The molecule has 1 saturated carbocycles. The summed E-state index contributed by atoms with van der Waals surface area (Å²) in [4.78, 5) is 0. The quantitative estimate of drug-likeness (QED) is 0.414. The molecule has 1 aromatic carbocycles. The van der Waals surface area contributed by atoms with Crippen molar-refractivity contribution >= 4 is 5.57 Å². The molecule has 0 nitrogen and oxygen atoms in total. The fourth-order valence-corrected chi connectivity index (χ4v) is 5.00. The van der Waals surface area contributed by atoms with E-state index in [0.717, 1.165) is 32.1 Å². The Morgan fingerprint density at radius 1 is 1.07 bits per heavy atom. The van der Waals surface area contributed by atoms with Gasteiger partial charge in [-0.1, -0.05) is 88.4 Å². The molecule has 1 aromatic rings. The summed E-state index contributed by atoms with van der Waals surface area (Å²) in [5.41, 5.74) is -1.16. The molecule has 2 atom stereocenters. The van der Waals surface area contributed by atoms with E-state index in [1.165, 1.54) is 12.2 Å². The van der Waals surface area contributed by atoms with Gasteiger partial charge in [0, 0.05) is 12.0 Å². The first-order valence-electron chi connectivity index (χ1n) is 11.0. The highest BCUT2D eigenvalue weighted by molar-refractivity contribution is 5.77. The largest absolute Gasteiger partial charge is 0.398 e. The van der Waals surface area contributed by atoms with Crippen molar-refractivity contribution in [1.82, 2.24) is 0 Å². The van der Waals surface area contributed by atoms with Gasteiger partial charge in [-0.15, -0.1) is 0 Å². The van der Waals surface area contributed by atoms with E-state index in [1.54, 1.807) is 24.3 Å². The Bertz CT molecular complexity index is 723. The number of allylic oxidation sites excluding steroid dienone is 4. The van der Waals surface area contributed by atoms with Crippen LogP contribution in [0, 0.1) is 23.2 Å². The lowest BCUT2D eigenvalue weighted by atomic mass is 9.62.